The first-order valence-electron chi connectivity index (χ1n) is 7.50. The van der Waals surface area contributed by atoms with Crippen molar-refractivity contribution in [3.63, 3.8) is 0 Å². The molecule has 1 aliphatic rings. The average Bonchev–Trinajstić information content (AvgIpc) is 2.55. The Bertz CT molecular complexity index is 712. The minimum absolute atomic E-state index is 0.0384. The Hall–Kier alpha value is -3.09. The third kappa shape index (κ3) is 3.45. The largest absolute Gasteiger partial charge is 0.331 e. The molecule has 0 spiro atoms. The number of nitrogens with zero attached hydrogens (tertiary/aromatic N) is 1. The monoisotopic (exact) mass is 328 g/mol. The SMILES string of the molecule is C=CCN1C(=O)NC(=O)[C@@H](/C(=C\C)NNc2ccccc2C)C1=O. The number of aryl methyl sites for hydroxylation is 1. The van der Waals surface area contributed by atoms with E-state index in [9.17, 15) is 14.4 Å². The van der Waals surface area contributed by atoms with Gasteiger partial charge < -0.3 is 10.9 Å². The maximum absolute atomic E-state index is 12.5. The maximum Gasteiger partial charge on any atom is 0.331 e. The van der Waals surface area contributed by atoms with Gasteiger partial charge in [-0.1, -0.05) is 30.4 Å². The van der Waals surface area contributed by atoms with Crippen molar-refractivity contribution in [1.29, 1.82) is 0 Å². The molecule has 0 aromatic heterocycles. The van der Waals surface area contributed by atoms with Crippen LogP contribution in [0.4, 0.5) is 10.5 Å². The number of rotatable bonds is 6. The number of carbonyl (C=O) groups is 3. The number of amides is 4. The number of hydrogen-bond acceptors (Lipinski definition) is 5. The van der Waals surface area contributed by atoms with Crippen molar-refractivity contribution in [2.45, 2.75) is 13.8 Å². The summed E-state index contributed by atoms with van der Waals surface area (Å²) in [5.74, 6) is -2.36. The van der Waals surface area contributed by atoms with E-state index < -0.39 is 23.8 Å². The van der Waals surface area contributed by atoms with Crippen LogP contribution in [0.15, 0.2) is 48.7 Å². The number of barbiturate groups is 1. The number of para-hydroxylation sites is 1. The number of nitrogens with one attached hydrogen (secondary N) is 3. The summed E-state index contributed by atoms with van der Waals surface area (Å²) in [5.41, 5.74) is 8.07. The first-order valence-corrected chi connectivity index (χ1v) is 7.50. The Balaban J connectivity index is 2.18. The van der Waals surface area contributed by atoms with E-state index in [1.807, 2.05) is 31.2 Å². The zero-order chi connectivity index (χ0) is 17.7. The van der Waals surface area contributed by atoms with Crippen LogP contribution in [-0.4, -0.2) is 29.3 Å². The van der Waals surface area contributed by atoms with E-state index in [2.05, 4.69) is 22.7 Å². The topological polar surface area (TPSA) is 90.5 Å². The van der Waals surface area contributed by atoms with Crippen molar-refractivity contribution in [1.82, 2.24) is 15.6 Å². The summed E-state index contributed by atoms with van der Waals surface area (Å²) in [7, 11) is 0. The lowest BCUT2D eigenvalue weighted by Gasteiger charge is -2.31. The maximum atomic E-state index is 12.5. The smallest absolute Gasteiger partial charge is 0.304 e. The number of benzene rings is 1. The standard InChI is InChI=1S/C17H20N4O3/c1-4-10-21-16(23)14(15(22)18-17(21)24)12(5-2)19-20-13-9-7-6-8-11(13)3/h4-9,14,19-20H,1,10H2,2-3H3,(H,18,22,24)/b12-5+/t14-/m1/s1. The number of allylic oxidation sites excluding steroid dienone is 1. The molecule has 1 atom stereocenters. The molecule has 7 nitrogen and oxygen atoms in total. The van der Waals surface area contributed by atoms with Crippen LogP contribution in [0.2, 0.25) is 0 Å². The number of hydrogen-bond donors (Lipinski definition) is 3. The second-order valence-corrected chi connectivity index (χ2v) is 5.27. The fourth-order valence-corrected chi connectivity index (χ4v) is 2.35. The molecule has 126 valence electrons. The van der Waals surface area contributed by atoms with Crippen LogP contribution in [0, 0.1) is 12.8 Å². The number of carbonyl (C=O) groups excluding carboxylic acids is 3. The van der Waals surface area contributed by atoms with Gasteiger partial charge >= 0.3 is 6.03 Å². The molecular formula is C17H20N4O3. The Kier molecular flexibility index (Phi) is 5.36. The molecule has 3 N–H and O–H groups in total. The molecule has 7 heteroatoms. The fourth-order valence-electron chi connectivity index (χ4n) is 2.35. The molecule has 0 saturated carbocycles. The molecule has 1 aromatic carbocycles. The predicted molar refractivity (Wildman–Crippen MR) is 90.6 cm³/mol. The van der Waals surface area contributed by atoms with Crippen LogP contribution in [0.3, 0.4) is 0 Å². The van der Waals surface area contributed by atoms with Crippen LogP contribution in [-0.2, 0) is 9.59 Å². The lowest BCUT2D eigenvalue weighted by Crippen LogP contribution is -2.59. The number of urea groups is 1. The van der Waals surface area contributed by atoms with Crippen LogP contribution < -0.4 is 16.2 Å². The quantitative estimate of drug-likeness (QED) is 0.420. The van der Waals surface area contributed by atoms with Crippen molar-refractivity contribution in [3.05, 3.63) is 54.3 Å². The summed E-state index contributed by atoms with van der Waals surface area (Å²) in [6.07, 6.45) is 3.05. The van der Waals surface area contributed by atoms with E-state index in [0.717, 1.165) is 16.2 Å². The van der Waals surface area contributed by atoms with Gasteiger partial charge in [-0.25, -0.2) is 4.79 Å². The molecule has 1 fully saturated rings. The molecular weight excluding hydrogens is 308 g/mol. The average molecular weight is 328 g/mol. The second-order valence-electron chi connectivity index (χ2n) is 5.27. The Labute approximate surface area is 140 Å². The Morgan fingerprint density at radius 1 is 1.33 bits per heavy atom. The molecule has 2 rings (SSSR count). The molecule has 0 bridgehead atoms. The zero-order valence-corrected chi connectivity index (χ0v) is 13.6. The van der Waals surface area contributed by atoms with Gasteiger partial charge in [-0.15, -0.1) is 6.58 Å². The molecule has 0 radical (unpaired) electrons. The van der Waals surface area contributed by atoms with Crippen LogP contribution >= 0.6 is 0 Å². The molecule has 1 aromatic rings. The van der Waals surface area contributed by atoms with Crippen molar-refractivity contribution >= 4 is 23.5 Å². The summed E-state index contributed by atoms with van der Waals surface area (Å²) in [6.45, 7) is 7.19. The molecule has 1 saturated heterocycles. The number of imide groups is 2. The van der Waals surface area contributed by atoms with E-state index >= 15 is 0 Å². The van der Waals surface area contributed by atoms with E-state index in [1.165, 1.54) is 6.08 Å². The lowest BCUT2D eigenvalue weighted by molar-refractivity contribution is -0.140. The highest BCUT2D eigenvalue weighted by Crippen LogP contribution is 2.19. The molecule has 4 amide bonds. The summed E-state index contributed by atoms with van der Waals surface area (Å²) < 4.78 is 0. The summed E-state index contributed by atoms with van der Waals surface area (Å²) >= 11 is 0. The van der Waals surface area contributed by atoms with Gasteiger partial charge in [0.25, 0.3) is 0 Å². The Morgan fingerprint density at radius 3 is 2.67 bits per heavy atom. The van der Waals surface area contributed by atoms with Gasteiger partial charge in [0.2, 0.25) is 11.8 Å². The summed E-state index contributed by atoms with van der Waals surface area (Å²) in [5, 5.41) is 2.19. The third-order valence-electron chi connectivity index (χ3n) is 3.67. The van der Waals surface area contributed by atoms with Gasteiger partial charge in [0.05, 0.1) is 5.69 Å². The van der Waals surface area contributed by atoms with Crippen molar-refractivity contribution in [2.24, 2.45) is 5.92 Å². The molecule has 1 heterocycles. The first-order chi connectivity index (χ1) is 11.5. The van der Waals surface area contributed by atoms with E-state index in [4.69, 9.17) is 0 Å². The lowest BCUT2D eigenvalue weighted by atomic mass is 10.0. The third-order valence-corrected chi connectivity index (χ3v) is 3.67. The van der Waals surface area contributed by atoms with Crippen LogP contribution in [0.25, 0.3) is 0 Å². The second kappa shape index (κ2) is 7.45. The molecule has 0 unspecified atom stereocenters. The van der Waals surface area contributed by atoms with Gasteiger partial charge in [0.1, 0.15) is 0 Å². The minimum Gasteiger partial charge on any atom is -0.304 e. The summed E-state index contributed by atoms with van der Waals surface area (Å²) in [6, 6.07) is 6.85. The van der Waals surface area contributed by atoms with Gasteiger partial charge in [-0.2, -0.15) is 0 Å². The van der Waals surface area contributed by atoms with Crippen molar-refractivity contribution in [2.75, 3.05) is 12.0 Å². The molecule has 24 heavy (non-hydrogen) atoms. The van der Waals surface area contributed by atoms with Crippen molar-refractivity contribution in [3.8, 4) is 0 Å². The highest BCUT2D eigenvalue weighted by molar-refractivity contribution is 6.17. The zero-order valence-electron chi connectivity index (χ0n) is 13.6. The van der Waals surface area contributed by atoms with Gasteiger partial charge in [-0.05, 0) is 25.5 Å². The van der Waals surface area contributed by atoms with Gasteiger partial charge in [0, 0.05) is 12.2 Å². The highest BCUT2D eigenvalue weighted by Gasteiger charge is 2.42. The first kappa shape index (κ1) is 17.3. The van der Waals surface area contributed by atoms with Gasteiger partial charge in [-0.3, -0.25) is 19.8 Å². The Morgan fingerprint density at radius 2 is 2.04 bits per heavy atom. The minimum atomic E-state index is -1.12. The van der Waals surface area contributed by atoms with E-state index in [-0.39, 0.29) is 6.54 Å². The van der Waals surface area contributed by atoms with Gasteiger partial charge in [0.15, 0.2) is 5.92 Å². The fraction of sp³-hybridized carbons (Fsp3) is 0.235. The van der Waals surface area contributed by atoms with Crippen LogP contribution in [0.5, 0.6) is 0 Å². The number of hydrazine groups is 1. The molecule has 0 aliphatic carbocycles. The predicted octanol–water partition coefficient (Wildman–Crippen LogP) is 1.70. The highest BCUT2D eigenvalue weighted by atomic mass is 16.2. The van der Waals surface area contributed by atoms with Crippen molar-refractivity contribution < 1.29 is 14.4 Å². The van der Waals surface area contributed by atoms with E-state index in [0.29, 0.717) is 5.70 Å². The number of anilines is 1. The van der Waals surface area contributed by atoms with Crippen LogP contribution in [0.1, 0.15) is 12.5 Å². The van der Waals surface area contributed by atoms with E-state index in [1.54, 1.807) is 13.0 Å². The molecule has 1 aliphatic heterocycles. The summed E-state index contributed by atoms with van der Waals surface area (Å²) in [4.78, 5) is 37.3. The normalized spacial score (nSPS) is 18.2.